The van der Waals surface area contributed by atoms with Crippen molar-refractivity contribution < 1.29 is 14.3 Å². The van der Waals surface area contributed by atoms with E-state index in [4.69, 9.17) is 4.74 Å². The Hall–Kier alpha value is -2.90. The fourth-order valence-corrected chi connectivity index (χ4v) is 1.99. The summed E-state index contributed by atoms with van der Waals surface area (Å²) in [5.74, 6) is 0.981. The molecule has 8 nitrogen and oxygen atoms in total. The van der Waals surface area contributed by atoms with Crippen molar-refractivity contribution in [1.29, 1.82) is 0 Å². The molecule has 0 aliphatic rings. The number of aromatic nitrogens is 3. The number of benzene rings is 1. The van der Waals surface area contributed by atoms with Crippen LogP contribution < -0.4 is 15.4 Å². The van der Waals surface area contributed by atoms with Crippen LogP contribution in [0.2, 0.25) is 0 Å². The molecule has 26 heavy (non-hydrogen) atoms. The van der Waals surface area contributed by atoms with Gasteiger partial charge >= 0.3 is 12.0 Å². The van der Waals surface area contributed by atoms with Crippen LogP contribution in [0.15, 0.2) is 24.3 Å². The summed E-state index contributed by atoms with van der Waals surface area (Å²) < 4.78 is 10.4. The maximum atomic E-state index is 11.5. The van der Waals surface area contributed by atoms with E-state index in [1.165, 1.54) is 7.11 Å². The molecule has 0 spiro atoms. The zero-order valence-corrected chi connectivity index (χ0v) is 15.7. The summed E-state index contributed by atoms with van der Waals surface area (Å²) >= 11 is 0. The number of hydrogen-bond donors (Lipinski definition) is 2. The molecule has 2 aromatic rings. The number of methoxy groups -OCH3 is 1. The molecule has 2 rings (SSSR count). The Morgan fingerprint density at radius 1 is 1.04 bits per heavy atom. The molecule has 0 aliphatic carbocycles. The molecule has 8 heteroatoms. The summed E-state index contributed by atoms with van der Waals surface area (Å²) in [5.41, 5.74) is 0.441. The van der Waals surface area contributed by atoms with Crippen LogP contribution in [0.5, 0.6) is 11.8 Å². The SMILES string of the molecule is CC[C@@H](C)Nc1nc(NC(C)C)nc(Oc2ccc(C(=O)OC)cc2)n1. The Labute approximate surface area is 153 Å². The quantitative estimate of drug-likeness (QED) is 0.691. The molecule has 2 N–H and O–H groups in total. The van der Waals surface area contributed by atoms with E-state index in [0.29, 0.717) is 23.2 Å². The highest BCUT2D eigenvalue weighted by Crippen LogP contribution is 2.21. The van der Waals surface area contributed by atoms with Crippen molar-refractivity contribution >= 4 is 17.9 Å². The highest BCUT2D eigenvalue weighted by molar-refractivity contribution is 5.89. The molecule has 0 aliphatic heterocycles. The first kappa shape index (κ1) is 19.4. The van der Waals surface area contributed by atoms with E-state index in [1.807, 2.05) is 20.8 Å². The number of anilines is 2. The van der Waals surface area contributed by atoms with Crippen molar-refractivity contribution in [3.05, 3.63) is 29.8 Å². The second-order valence-electron chi connectivity index (χ2n) is 6.14. The van der Waals surface area contributed by atoms with Gasteiger partial charge in [0.2, 0.25) is 11.9 Å². The van der Waals surface area contributed by atoms with E-state index in [1.54, 1.807) is 24.3 Å². The Morgan fingerprint density at radius 2 is 1.65 bits per heavy atom. The predicted molar refractivity (Wildman–Crippen MR) is 99.8 cm³/mol. The molecule has 0 saturated carbocycles. The molecule has 1 heterocycles. The smallest absolute Gasteiger partial charge is 0.337 e. The van der Waals surface area contributed by atoms with Crippen molar-refractivity contribution in [2.24, 2.45) is 0 Å². The maximum absolute atomic E-state index is 11.5. The van der Waals surface area contributed by atoms with Crippen LogP contribution in [0.25, 0.3) is 0 Å². The van der Waals surface area contributed by atoms with Crippen molar-refractivity contribution in [3.8, 4) is 11.8 Å². The van der Waals surface area contributed by atoms with E-state index >= 15 is 0 Å². The summed E-state index contributed by atoms with van der Waals surface area (Å²) in [4.78, 5) is 24.5. The number of carbonyl (C=O) groups is 1. The lowest BCUT2D eigenvalue weighted by Gasteiger charge is -2.14. The summed E-state index contributed by atoms with van der Waals surface area (Å²) in [7, 11) is 1.34. The molecule has 1 aromatic heterocycles. The van der Waals surface area contributed by atoms with E-state index in [2.05, 4.69) is 37.2 Å². The van der Waals surface area contributed by atoms with Gasteiger partial charge in [-0.2, -0.15) is 15.0 Å². The third kappa shape index (κ3) is 5.58. The lowest BCUT2D eigenvalue weighted by Crippen LogP contribution is -2.19. The van der Waals surface area contributed by atoms with Crippen molar-refractivity contribution in [2.45, 2.75) is 46.2 Å². The summed E-state index contributed by atoms with van der Waals surface area (Å²) in [6, 6.07) is 7.11. The molecule has 1 aromatic carbocycles. The topological polar surface area (TPSA) is 98.3 Å². The van der Waals surface area contributed by atoms with Gasteiger partial charge in [0, 0.05) is 12.1 Å². The Kier molecular flexibility index (Phi) is 6.71. The number of ether oxygens (including phenoxy) is 2. The van der Waals surface area contributed by atoms with Crippen LogP contribution in [-0.2, 0) is 4.74 Å². The fourth-order valence-electron chi connectivity index (χ4n) is 1.99. The van der Waals surface area contributed by atoms with Gasteiger partial charge in [-0.05, 0) is 51.5 Å². The standard InChI is InChI=1S/C18H25N5O3/c1-6-12(4)20-17-21-16(19-11(2)3)22-18(23-17)26-14-9-7-13(8-10-14)15(24)25-5/h7-12H,6H2,1-5H3,(H2,19,20,21,22,23)/t12-/m1/s1. The van der Waals surface area contributed by atoms with E-state index in [-0.39, 0.29) is 18.1 Å². The number of nitrogens with one attached hydrogen (secondary N) is 2. The largest absolute Gasteiger partial charge is 0.465 e. The van der Waals surface area contributed by atoms with Gasteiger partial charge in [-0.3, -0.25) is 0 Å². The molecule has 140 valence electrons. The third-order valence-electron chi connectivity index (χ3n) is 3.51. The monoisotopic (exact) mass is 359 g/mol. The highest BCUT2D eigenvalue weighted by Gasteiger charge is 2.12. The number of hydrogen-bond acceptors (Lipinski definition) is 8. The molecule has 0 fully saturated rings. The first-order chi connectivity index (χ1) is 12.4. The minimum absolute atomic E-state index is 0.166. The van der Waals surface area contributed by atoms with Gasteiger partial charge in [-0.25, -0.2) is 4.79 Å². The molecule has 0 amide bonds. The summed E-state index contributed by atoms with van der Waals surface area (Å²) in [6.07, 6.45) is 0.934. The minimum atomic E-state index is -0.403. The lowest BCUT2D eigenvalue weighted by atomic mass is 10.2. The molecule has 1 atom stereocenters. The fraction of sp³-hybridized carbons (Fsp3) is 0.444. The number of carbonyl (C=O) groups excluding carboxylic acids is 1. The second kappa shape index (κ2) is 8.98. The summed E-state index contributed by atoms with van der Waals surface area (Å²) in [6.45, 7) is 8.12. The molecule has 0 bridgehead atoms. The van der Waals surface area contributed by atoms with E-state index in [9.17, 15) is 4.79 Å². The van der Waals surface area contributed by atoms with Crippen LogP contribution in [0.4, 0.5) is 11.9 Å². The normalized spacial score (nSPS) is 11.8. The third-order valence-corrected chi connectivity index (χ3v) is 3.51. The van der Waals surface area contributed by atoms with Crippen LogP contribution >= 0.6 is 0 Å². The van der Waals surface area contributed by atoms with Crippen molar-refractivity contribution in [1.82, 2.24) is 15.0 Å². The number of rotatable bonds is 8. The zero-order valence-electron chi connectivity index (χ0n) is 15.7. The van der Waals surface area contributed by atoms with Gasteiger partial charge in [0.05, 0.1) is 12.7 Å². The summed E-state index contributed by atoms with van der Waals surface area (Å²) in [5, 5.41) is 6.37. The van der Waals surface area contributed by atoms with Gasteiger partial charge in [-0.1, -0.05) is 6.92 Å². The first-order valence-electron chi connectivity index (χ1n) is 8.56. The molecular formula is C18H25N5O3. The lowest BCUT2D eigenvalue weighted by molar-refractivity contribution is 0.0600. The van der Waals surface area contributed by atoms with Gasteiger partial charge in [0.1, 0.15) is 5.75 Å². The van der Waals surface area contributed by atoms with Crippen molar-refractivity contribution in [3.63, 3.8) is 0 Å². The van der Waals surface area contributed by atoms with Crippen molar-refractivity contribution in [2.75, 3.05) is 17.7 Å². The molecule has 0 radical (unpaired) electrons. The van der Waals surface area contributed by atoms with Crippen LogP contribution in [0, 0.1) is 0 Å². The Morgan fingerprint density at radius 3 is 2.19 bits per heavy atom. The van der Waals surface area contributed by atoms with Gasteiger partial charge in [-0.15, -0.1) is 0 Å². The number of esters is 1. The van der Waals surface area contributed by atoms with Gasteiger partial charge < -0.3 is 20.1 Å². The van der Waals surface area contributed by atoms with Gasteiger partial charge in [0.25, 0.3) is 0 Å². The van der Waals surface area contributed by atoms with Crippen LogP contribution in [-0.4, -0.2) is 40.1 Å². The number of nitrogens with zero attached hydrogens (tertiary/aromatic N) is 3. The van der Waals surface area contributed by atoms with Crippen LogP contribution in [0.3, 0.4) is 0 Å². The zero-order chi connectivity index (χ0) is 19.1. The van der Waals surface area contributed by atoms with Gasteiger partial charge in [0.15, 0.2) is 0 Å². The first-order valence-corrected chi connectivity index (χ1v) is 8.56. The second-order valence-corrected chi connectivity index (χ2v) is 6.14. The minimum Gasteiger partial charge on any atom is -0.465 e. The predicted octanol–water partition coefficient (Wildman–Crippen LogP) is 3.48. The molecular weight excluding hydrogens is 334 g/mol. The Balaban J connectivity index is 2.23. The van der Waals surface area contributed by atoms with E-state index < -0.39 is 5.97 Å². The average Bonchev–Trinajstić information content (AvgIpc) is 2.60. The maximum Gasteiger partial charge on any atom is 0.337 e. The van der Waals surface area contributed by atoms with Crippen LogP contribution in [0.1, 0.15) is 44.5 Å². The van der Waals surface area contributed by atoms with E-state index in [0.717, 1.165) is 6.42 Å². The molecule has 0 saturated heterocycles. The average molecular weight is 359 g/mol. The molecule has 0 unspecified atom stereocenters. The Bertz CT molecular complexity index is 734. The highest BCUT2D eigenvalue weighted by atomic mass is 16.5.